The summed E-state index contributed by atoms with van der Waals surface area (Å²) in [6, 6.07) is 13.4. The summed E-state index contributed by atoms with van der Waals surface area (Å²) < 4.78 is 0. The predicted molar refractivity (Wildman–Crippen MR) is 73.8 cm³/mol. The molecule has 1 aliphatic heterocycles. The standard InChI is InChI=1S/C14H12N6/c15-8-11-3-5-12(6-4-11)14(20-18-10-17-19-20)13-2-1-7-16-9-13/h1-7,9-10,14,19H,(H,17,18). The number of hydrazine groups is 2. The molecule has 2 aromatic rings. The van der Waals surface area contributed by atoms with E-state index in [0.29, 0.717) is 5.56 Å². The summed E-state index contributed by atoms with van der Waals surface area (Å²) in [5.74, 6) is 0. The van der Waals surface area contributed by atoms with E-state index in [1.54, 1.807) is 29.8 Å². The molecule has 6 heteroatoms. The van der Waals surface area contributed by atoms with Gasteiger partial charge in [0.1, 0.15) is 12.4 Å². The Morgan fingerprint density at radius 3 is 2.60 bits per heavy atom. The van der Waals surface area contributed by atoms with Gasteiger partial charge in [0.15, 0.2) is 0 Å². The van der Waals surface area contributed by atoms with E-state index in [1.807, 2.05) is 30.5 Å². The zero-order valence-corrected chi connectivity index (χ0v) is 10.6. The lowest BCUT2D eigenvalue weighted by atomic mass is 9.99. The number of nitrogens with one attached hydrogen (secondary N) is 2. The third kappa shape index (κ3) is 2.30. The van der Waals surface area contributed by atoms with E-state index in [-0.39, 0.29) is 6.04 Å². The third-order valence-electron chi connectivity index (χ3n) is 3.04. The largest absolute Gasteiger partial charge is 0.288 e. The van der Waals surface area contributed by atoms with Crippen LogP contribution in [0.1, 0.15) is 22.7 Å². The van der Waals surface area contributed by atoms with Crippen LogP contribution in [-0.2, 0) is 0 Å². The van der Waals surface area contributed by atoms with E-state index in [4.69, 9.17) is 5.26 Å². The quantitative estimate of drug-likeness (QED) is 0.874. The first-order valence-corrected chi connectivity index (χ1v) is 6.11. The van der Waals surface area contributed by atoms with Crippen LogP contribution in [-0.4, -0.2) is 16.4 Å². The van der Waals surface area contributed by atoms with Crippen LogP contribution in [0.4, 0.5) is 0 Å². The van der Waals surface area contributed by atoms with Crippen molar-refractivity contribution in [3.63, 3.8) is 0 Å². The molecular weight excluding hydrogens is 252 g/mol. The fourth-order valence-corrected chi connectivity index (χ4v) is 2.11. The van der Waals surface area contributed by atoms with Crippen LogP contribution in [0.3, 0.4) is 0 Å². The molecule has 0 saturated carbocycles. The Bertz CT molecular complexity index is 636. The Hall–Kier alpha value is -2.91. The maximum atomic E-state index is 8.88. The van der Waals surface area contributed by atoms with Gasteiger partial charge in [0.25, 0.3) is 0 Å². The summed E-state index contributed by atoms with van der Waals surface area (Å²) in [6.45, 7) is 0. The number of benzene rings is 1. The molecule has 2 N–H and O–H groups in total. The summed E-state index contributed by atoms with van der Waals surface area (Å²) in [5.41, 5.74) is 8.58. The van der Waals surface area contributed by atoms with Crippen LogP contribution >= 0.6 is 0 Å². The van der Waals surface area contributed by atoms with Gasteiger partial charge in [0.2, 0.25) is 0 Å². The minimum absolute atomic E-state index is 0.0982. The third-order valence-corrected chi connectivity index (χ3v) is 3.04. The molecule has 2 heterocycles. The molecular formula is C14H12N6. The Labute approximate surface area is 116 Å². The maximum absolute atomic E-state index is 8.88. The maximum Gasteiger partial charge on any atom is 0.126 e. The molecule has 6 nitrogen and oxygen atoms in total. The number of nitriles is 1. The molecule has 20 heavy (non-hydrogen) atoms. The zero-order valence-electron chi connectivity index (χ0n) is 10.6. The van der Waals surface area contributed by atoms with Gasteiger partial charge in [-0.25, -0.2) is 5.53 Å². The summed E-state index contributed by atoms with van der Waals surface area (Å²) in [5, 5.41) is 14.6. The fraction of sp³-hybridized carbons (Fsp3) is 0.0714. The topological polar surface area (TPSA) is 76.3 Å². The fourth-order valence-electron chi connectivity index (χ4n) is 2.11. The highest BCUT2D eigenvalue weighted by atomic mass is 15.9. The summed E-state index contributed by atoms with van der Waals surface area (Å²) in [7, 11) is 0. The van der Waals surface area contributed by atoms with Crippen molar-refractivity contribution in [1.82, 2.24) is 21.1 Å². The van der Waals surface area contributed by atoms with Gasteiger partial charge in [-0.2, -0.15) is 10.4 Å². The summed E-state index contributed by atoms with van der Waals surface area (Å²) >= 11 is 0. The van der Waals surface area contributed by atoms with E-state index in [0.717, 1.165) is 11.1 Å². The summed E-state index contributed by atoms with van der Waals surface area (Å²) in [6.07, 6.45) is 5.12. The van der Waals surface area contributed by atoms with Gasteiger partial charge in [-0.3, -0.25) is 10.4 Å². The molecule has 1 unspecified atom stereocenters. The van der Waals surface area contributed by atoms with Crippen molar-refractivity contribution in [3.8, 4) is 6.07 Å². The first kappa shape index (κ1) is 12.1. The first-order valence-electron chi connectivity index (χ1n) is 6.11. The van der Waals surface area contributed by atoms with Gasteiger partial charge in [0.05, 0.1) is 11.6 Å². The van der Waals surface area contributed by atoms with Crippen molar-refractivity contribution in [1.29, 1.82) is 5.26 Å². The number of aromatic nitrogens is 1. The number of hydrogen-bond donors (Lipinski definition) is 2. The molecule has 1 aromatic carbocycles. The van der Waals surface area contributed by atoms with Gasteiger partial charge >= 0.3 is 0 Å². The normalized spacial score (nSPS) is 15.2. The van der Waals surface area contributed by atoms with Crippen LogP contribution in [0.5, 0.6) is 0 Å². The Balaban J connectivity index is 1.98. The Morgan fingerprint density at radius 1 is 1.15 bits per heavy atom. The lowest BCUT2D eigenvalue weighted by molar-refractivity contribution is 0.136. The van der Waals surface area contributed by atoms with Gasteiger partial charge in [-0.05, 0) is 29.3 Å². The van der Waals surface area contributed by atoms with Gasteiger partial charge in [0, 0.05) is 12.4 Å². The van der Waals surface area contributed by atoms with Crippen molar-refractivity contribution in [2.75, 3.05) is 0 Å². The minimum Gasteiger partial charge on any atom is -0.288 e. The van der Waals surface area contributed by atoms with E-state index >= 15 is 0 Å². The van der Waals surface area contributed by atoms with E-state index < -0.39 is 0 Å². The van der Waals surface area contributed by atoms with E-state index in [2.05, 4.69) is 27.1 Å². The number of nitrogens with zero attached hydrogens (tertiary/aromatic N) is 4. The lowest BCUT2D eigenvalue weighted by Crippen LogP contribution is -2.42. The molecule has 0 aliphatic carbocycles. The first-order chi connectivity index (χ1) is 9.88. The molecule has 0 radical (unpaired) electrons. The number of rotatable bonds is 3. The highest BCUT2D eigenvalue weighted by molar-refractivity contribution is 5.54. The predicted octanol–water partition coefficient (Wildman–Crippen LogP) is 1.31. The molecule has 0 saturated heterocycles. The second-order valence-electron chi connectivity index (χ2n) is 4.28. The number of hydrazone groups is 1. The molecule has 1 aliphatic rings. The zero-order chi connectivity index (χ0) is 13.8. The molecule has 1 atom stereocenters. The average Bonchev–Trinajstić information content (AvgIpc) is 3.03. The number of pyridine rings is 1. The number of hydrogen-bond acceptors (Lipinski definition) is 6. The SMILES string of the molecule is N#Cc1ccc(C(c2cccnc2)N2NC=NN2)cc1. The Kier molecular flexibility index (Phi) is 3.27. The molecule has 0 fully saturated rings. The van der Waals surface area contributed by atoms with E-state index in [9.17, 15) is 0 Å². The smallest absolute Gasteiger partial charge is 0.126 e. The van der Waals surface area contributed by atoms with Crippen LogP contribution in [0.15, 0.2) is 53.9 Å². The minimum atomic E-state index is -0.0982. The van der Waals surface area contributed by atoms with Gasteiger partial charge < -0.3 is 0 Å². The Morgan fingerprint density at radius 2 is 2.00 bits per heavy atom. The van der Waals surface area contributed by atoms with E-state index in [1.165, 1.54) is 0 Å². The van der Waals surface area contributed by atoms with Crippen molar-refractivity contribution in [2.45, 2.75) is 6.04 Å². The van der Waals surface area contributed by atoms with Crippen LogP contribution < -0.4 is 11.0 Å². The highest BCUT2D eigenvalue weighted by Crippen LogP contribution is 2.26. The van der Waals surface area contributed by atoms with Crippen molar-refractivity contribution < 1.29 is 0 Å². The van der Waals surface area contributed by atoms with Gasteiger partial charge in [-0.15, -0.1) is 5.12 Å². The molecule has 1 aromatic heterocycles. The average molecular weight is 264 g/mol. The van der Waals surface area contributed by atoms with Crippen LogP contribution in [0, 0.1) is 11.3 Å². The van der Waals surface area contributed by atoms with Crippen molar-refractivity contribution in [2.24, 2.45) is 5.10 Å². The van der Waals surface area contributed by atoms with Crippen molar-refractivity contribution in [3.05, 3.63) is 65.5 Å². The second-order valence-corrected chi connectivity index (χ2v) is 4.28. The molecule has 0 spiro atoms. The van der Waals surface area contributed by atoms with Crippen LogP contribution in [0.25, 0.3) is 0 Å². The lowest BCUT2D eigenvalue weighted by Gasteiger charge is -2.26. The van der Waals surface area contributed by atoms with Gasteiger partial charge in [-0.1, -0.05) is 18.2 Å². The second kappa shape index (κ2) is 5.38. The van der Waals surface area contributed by atoms with Crippen LogP contribution in [0.2, 0.25) is 0 Å². The summed E-state index contributed by atoms with van der Waals surface area (Å²) in [4.78, 5) is 4.16. The highest BCUT2D eigenvalue weighted by Gasteiger charge is 2.24. The molecule has 0 bridgehead atoms. The molecule has 3 rings (SSSR count). The molecule has 98 valence electrons. The van der Waals surface area contributed by atoms with Crippen molar-refractivity contribution >= 4 is 6.34 Å². The molecule has 0 amide bonds. The monoisotopic (exact) mass is 264 g/mol.